The maximum atomic E-state index is 14.7. The van der Waals surface area contributed by atoms with Crippen molar-refractivity contribution in [2.75, 3.05) is 13.7 Å². The number of phenols is 2. The van der Waals surface area contributed by atoms with Crippen LogP contribution in [-0.4, -0.2) is 69.3 Å². The number of ether oxygens (including phenoxy) is 2. The fourth-order valence-corrected chi connectivity index (χ4v) is 8.01. The van der Waals surface area contributed by atoms with E-state index >= 15 is 0 Å². The molecular weight excluding hydrogens is 738 g/mol. The Kier molecular flexibility index (Phi) is 9.37. The van der Waals surface area contributed by atoms with Gasteiger partial charge in [0.25, 0.3) is 5.56 Å². The lowest BCUT2D eigenvalue weighted by Gasteiger charge is -2.37. The predicted octanol–water partition coefficient (Wildman–Crippen LogP) is 2.84. The number of nitrogens with zero attached hydrogens (tertiary/aromatic N) is 2. The fourth-order valence-electron chi connectivity index (χ4n) is 8.01. The second kappa shape index (κ2) is 13.8. The van der Waals surface area contributed by atoms with Crippen LogP contribution < -0.4 is 37.3 Å². The zero-order chi connectivity index (χ0) is 41.5. The molecule has 15 heteroatoms. The highest BCUT2D eigenvalue weighted by Gasteiger charge is 2.39. The number of hydrogen-bond acceptors (Lipinski definition) is 12. The molecule has 5 aromatic carbocycles. The maximum Gasteiger partial charge on any atom is 0.330 e. The lowest BCUT2D eigenvalue weighted by molar-refractivity contribution is -0.157. The molecule has 0 saturated carbocycles. The molecule has 1 aliphatic rings. The minimum Gasteiger partial charge on any atom is -0.507 e. The quantitative estimate of drug-likeness (QED) is 0.121. The van der Waals surface area contributed by atoms with Gasteiger partial charge in [0.15, 0.2) is 10.9 Å². The molecule has 0 spiro atoms. The van der Waals surface area contributed by atoms with Crippen molar-refractivity contribution in [1.82, 2.24) is 14.8 Å². The number of benzene rings is 5. The average Bonchev–Trinajstić information content (AvgIpc) is 3.17. The number of phenolic OH excluding ortho intramolecular Hbond substituents is 2. The number of methoxy groups -OCH3 is 1. The molecule has 6 aromatic rings. The number of amides is 2. The van der Waals surface area contributed by atoms with Gasteiger partial charge in [-0.25, -0.2) is 4.79 Å². The Morgan fingerprint density at radius 2 is 1.47 bits per heavy atom. The van der Waals surface area contributed by atoms with Crippen molar-refractivity contribution in [2.45, 2.75) is 78.6 Å². The number of fused-ring (bicyclic) bond motifs is 6. The van der Waals surface area contributed by atoms with E-state index in [0.717, 1.165) is 9.47 Å². The van der Waals surface area contributed by atoms with Gasteiger partial charge >= 0.3 is 5.97 Å². The monoisotopic (exact) mass is 777 g/mol. The Bertz CT molecular complexity index is 3070. The fraction of sp³-hybridized carbons (Fsp3) is 0.333. The molecule has 1 fully saturated rings. The number of esters is 1. The summed E-state index contributed by atoms with van der Waals surface area (Å²) in [5.74, 6) is -4.00. The smallest absolute Gasteiger partial charge is 0.330 e. The molecule has 3 atom stereocenters. The van der Waals surface area contributed by atoms with Gasteiger partial charge in [0.2, 0.25) is 22.7 Å². The summed E-state index contributed by atoms with van der Waals surface area (Å²) in [6.45, 7) is 9.01. The molecule has 0 aliphatic carbocycles. The molecule has 1 saturated heterocycles. The first kappa shape index (κ1) is 38.6. The van der Waals surface area contributed by atoms with Crippen LogP contribution in [0, 0.1) is 6.92 Å². The van der Waals surface area contributed by atoms with E-state index in [-0.39, 0.29) is 55.7 Å². The number of carbonyl (C=O) groups is 3. The Labute approximate surface area is 322 Å². The highest BCUT2D eigenvalue weighted by molar-refractivity contribution is 6.23. The summed E-state index contributed by atoms with van der Waals surface area (Å²) < 4.78 is 12.0. The highest BCUT2D eigenvalue weighted by Crippen LogP contribution is 2.43. The van der Waals surface area contributed by atoms with Crippen LogP contribution in [0.3, 0.4) is 0 Å². The van der Waals surface area contributed by atoms with Gasteiger partial charge < -0.3 is 34.5 Å². The van der Waals surface area contributed by atoms with Crippen molar-refractivity contribution in [3.63, 3.8) is 0 Å². The van der Waals surface area contributed by atoms with Gasteiger partial charge in [0.05, 0.1) is 41.3 Å². The Hall–Kier alpha value is -6.64. The Morgan fingerprint density at radius 3 is 2.12 bits per heavy atom. The van der Waals surface area contributed by atoms with Crippen LogP contribution >= 0.6 is 0 Å². The molecule has 15 nitrogen and oxygen atoms in total. The number of rotatable bonds is 7. The number of aromatic nitrogens is 1. The van der Waals surface area contributed by atoms with E-state index in [9.17, 15) is 48.6 Å². The molecule has 3 N–H and O–H groups in total. The van der Waals surface area contributed by atoms with Gasteiger partial charge in [-0.3, -0.25) is 33.6 Å². The first-order chi connectivity index (χ1) is 26.9. The minimum atomic E-state index is -1.17. The van der Waals surface area contributed by atoms with Crippen molar-refractivity contribution < 1.29 is 34.1 Å². The molecule has 57 heavy (non-hydrogen) atoms. The molecule has 3 unspecified atom stereocenters. The third-order valence-electron chi connectivity index (χ3n) is 11.1. The lowest BCUT2D eigenvalue weighted by Crippen LogP contribution is -2.63. The first-order valence-corrected chi connectivity index (χ1v) is 18.4. The summed E-state index contributed by atoms with van der Waals surface area (Å²) in [5.41, 5.74) is -3.73. The van der Waals surface area contributed by atoms with E-state index in [0.29, 0.717) is 12.0 Å². The van der Waals surface area contributed by atoms with E-state index in [2.05, 4.69) is 5.32 Å². The third-order valence-corrected chi connectivity index (χ3v) is 11.1. The molecule has 1 aliphatic heterocycles. The summed E-state index contributed by atoms with van der Waals surface area (Å²) in [6, 6.07) is 4.59. The second-order valence-corrected chi connectivity index (χ2v) is 14.8. The summed E-state index contributed by atoms with van der Waals surface area (Å²) >= 11 is 0. The van der Waals surface area contributed by atoms with Crippen LogP contribution in [0.4, 0.5) is 0 Å². The molecule has 2 amide bonds. The van der Waals surface area contributed by atoms with Crippen LogP contribution in [0.15, 0.2) is 54.3 Å². The molecule has 0 bridgehead atoms. The first-order valence-electron chi connectivity index (χ1n) is 18.4. The van der Waals surface area contributed by atoms with E-state index in [1.165, 1.54) is 44.4 Å². The number of pyridine rings is 1. The van der Waals surface area contributed by atoms with Crippen molar-refractivity contribution in [3.05, 3.63) is 92.8 Å². The zero-order valence-corrected chi connectivity index (χ0v) is 32.2. The van der Waals surface area contributed by atoms with Gasteiger partial charge in [0, 0.05) is 38.0 Å². The van der Waals surface area contributed by atoms with E-state index < -0.39 is 103 Å². The van der Waals surface area contributed by atoms with E-state index in [4.69, 9.17) is 9.47 Å². The third kappa shape index (κ3) is 5.70. The topological polar surface area (TPSA) is 216 Å². The minimum absolute atomic E-state index is 0.00542. The maximum absolute atomic E-state index is 14.7. The van der Waals surface area contributed by atoms with Crippen molar-refractivity contribution in [2.24, 2.45) is 0 Å². The molecule has 1 aromatic heterocycles. The number of piperazine rings is 1. The summed E-state index contributed by atoms with van der Waals surface area (Å²) in [4.78, 5) is 113. The standard InChI is InChI=1S/C42H39N3O12/c1-8-17(4)24-13-22-30(41(54)45(24)15-26(47)44-14-23(42(55)57-16(2)3)43-40(53)19(44)6)36(50)28-20(34(22)48)10-11-21-29(28)37(51)32-33(39(21)56-7)35(49)27-18(5)9-12-25(46)31(27)38(32)52/h9-13,16-17,19,23,46,51H,8,14-15H2,1-7H3,(H,43,53). The molecule has 0 radical (unpaired) electrons. The van der Waals surface area contributed by atoms with Crippen molar-refractivity contribution in [3.8, 4) is 17.2 Å². The van der Waals surface area contributed by atoms with Gasteiger partial charge in [0.1, 0.15) is 35.9 Å². The number of hydrogen-bond donors (Lipinski definition) is 3. The Morgan fingerprint density at radius 1 is 0.825 bits per heavy atom. The van der Waals surface area contributed by atoms with Crippen LogP contribution in [0.25, 0.3) is 53.9 Å². The average molecular weight is 778 g/mol. The van der Waals surface area contributed by atoms with Gasteiger partial charge in [-0.15, -0.1) is 0 Å². The molecule has 7 rings (SSSR count). The van der Waals surface area contributed by atoms with Crippen molar-refractivity contribution in [1.29, 1.82) is 0 Å². The summed E-state index contributed by atoms with van der Waals surface area (Å²) in [7, 11) is 1.23. The number of aromatic hydroxyl groups is 2. The predicted molar refractivity (Wildman–Crippen MR) is 213 cm³/mol. The summed E-state index contributed by atoms with van der Waals surface area (Å²) in [5, 5.41) is 22.1. The second-order valence-electron chi connectivity index (χ2n) is 14.8. The van der Waals surface area contributed by atoms with Crippen LogP contribution in [0.5, 0.6) is 17.2 Å². The van der Waals surface area contributed by atoms with E-state index in [1.54, 1.807) is 27.7 Å². The summed E-state index contributed by atoms with van der Waals surface area (Å²) in [6.07, 6.45) is -0.0242. The number of carbonyl (C=O) groups excluding carboxylic acids is 3. The molecular formula is C42H39N3O12. The molecule has 2 heterocycles. The normalized spacial score (nSPS) is 16.6. The zero-order valence-electron chi connectivity index (χ0n) is 32.2. The van der Waals surface area contributed by atoms with Crippen molar-refractivity contribution >= 4 is 71.6 Å². The van der Waals surface area contributed by atoms with E-state index in [1.807, 2.05) is 6.92 Å². The highest BCUT2D eigenvalue weighted by atomic mass is 16.5. The number of nitrogens with one attached hydrogen (secondary N) is 1. The Balaban J connectivity index is 1.53. The van der Waals surface area contributed by atoms with Crippen LogP contribution in [0.2, 0.25) is 0 Å². The largest absolute Gasteiger partial charge is 0.507 e. The number of aryl methyl sites for hydroxylation is 1. The van der Waals surface area contributed by atoms with Crippen LogP contribution in [-0.2, 0) is 25.7 Å². The van der Waals surface area contributed by atoms with Gasteiger partial charge in [-0.1, -0.05) is 19.9 Å². The van der Waals surface area contributed by atoms with Crippen LogP contribution in [0.1, 0.15) is 58.2 Å². The lowest BCUT2D eigenvalue weighted by atomic mass is 9.90. The van der Waals surface area contributed by atoms with Gasteiger partial charge in [-0.05, 0) is 69.9 Å². The molecule has 294 valence electrons. The SMILES string of the molecule is CCC(C)c1cc2c(=O)c3ccc4c(OC)c5c(=O)c6c(C)ccc(O)c6c(=O)c5c(O)c4c3c(=O)c2c(=O)n1CC(=O)N1CC(C(=O)OC(C)C)NC(=O)C1C. The van der Waals surface area contributed by atoms with Gasteiger partial charge in [-0.2, -0.15) is 0 Å².